The van der Waals surface area contributed by atoms with Crippen molar-refractivity contribution in [3.63, 3.8) is 0 Å². The van der Waals surface area contributed by atoms with Gasteiger partial charge >= 0.3 is 0 Å². The van der Waals surface area contributed by atoms with E-state index in [1.807, 2.05) is 0 Å². The minimum Gasteiger partial charge on any atom is -0.337 e. The second kappa shape index (κ2) is 7.95. The molecule has 1 aromatic rings. The number of hydrogen-bond donors (Lipinski definition) is 0. The zero-order valence-corrected chi connectivity index (χ0v) is 15.3. The van der Waals surface area contributed by atoms with E-state index in [0.29, 0.717) is 18.5 Å². The molecule has 138 valence electrons. The predicted octanol–water partition coefficient (Wildman–Crippen LogP) is 1.21. The van der Waals surface area contributed by atoms with Crippen LogP contribution in [0, 0.1) is 5.82 Å². The molecule has 2 amide bonds. The second-order valence-corrected chi connectivity index (χ2v) is 8.43. The van der Waals surface area contributed by atoms with Gasteiger partial charge in [0.1, 0.15) is 12.4 Å². The molecule has 1 aliphatic rings. The van der Waals surface area contributed by atoms with Gasteiger partial charge in [-0.15, -0.1) is 0 Å². The minimum absolute atomic E-state index is 0.00569. The summed E-state index contributed by atoms with van der Waals surface area (Å²) in [7, 11) is -3.11. The Labute approximate surface area is 147 Å². The fourth-order valence-electron chi connectivity index (χ4n) is 3.02. The van der Waals surface area contributed by atoms with Crippen LogP contribution < -0.4 is 0 Å². The topological polar surface area (TPSA) is 74.8 Å². The average Bonchev–Trinajstić information content (AvgIpc) is 2.89. The number of carbonyl (C=O) groups is 2. The van der Waals surface area contributed by atoms with Crippen molar-refractivity contribution in [3.05, 3.63) is 35.6 Å². The molecule has 0 saturated carbocycles. The van der Waals surface area contributed by atoms with Crippen LogP contribution in [-0.4, -0.2) is 60.7 Å². The molecular weight excluding hydrogens is 347 g/mol. The molecule has 1 aromatic carbocycles. The summed E-state index contributed by atoms with van der Waals surface area (Å²) >= 11 is 0. The maximum atomic E-state index is 13.8. The summed E-state index contributed by atoms with van der Waals surface area (Å²) in [6, 6.07) is 5.74. The molecule has 0 bridgehead atoms. The van der Waals surface area contributed by atoms with Crippen LogP contribution in [0.5, 0.6) is 0 Å². The number of likely N-dealkylation sites (N-methyl/N-ethyl adjacent to an activating group) is 1. The molecule has 1 atom stereocenters. The third-order valence-corrected chi connectivity index (χ3v) is 6.15. The lowest BCUT2D eigenvalue weighted by Gasteiger charge is -2.30. The first kappa shape index (κ1) is 19.4. The second-order valence-electron chi connectivity index (χ2n) is 6.20. The van der Waals surface area contributed by atoms with E-state index in [0.717, 1.165) is 0 Å². The van der Waals surface area contributed by atoms with Crippen LogP contribution in [0.1, 0.15) is 25.8 Å². The van der Waals surface area contributed by atoms with Crippen molar-refractivity contribution in [3.8, 4) is 0 Å². The SMILES string of the molecule is CCN(C(=O)CN(Cc1ccccc1F)C(C)=O)C1CCS(=O)(=O)C1. The van der Waals surface area contributed by atoms with Crippen molar-refractivity contribution in [2.45, 2.75) is 32.9 Å². The zero-order chi connectivity index (χ0) is 18.6. The Balaban J connectivity index is 2.08. The smallest absolute Gasteiger partial charge is 0.242 e. The molecule has 0 radical (unpaired) electrons. The summed E-state index contributed by atoms with van der Waals surface area (Å²) in [5, 5.41) is 0. The average molecular weight is 370 g/mol. The summed E-state index contributed by atoms with van der Waals surface area (Å²) in [5.74, 6) is -1.06. The molecule has 1 saturated heterocycles. The highest BCUT2D eigenvalue weighted by molar-refractivity contribution is 7.91. The lowest BCUT2D eigenvalue weighted by Crippen LogP contribution is -2.47. The first-order valence-corrected chi connectivity index (χ1v) is 10.0. The maximum Gasteiger partial charge on any atom is 0.242 e. The molecule has 1 unspecified atom stereocenters. The number of nitrogens with zero attached hydrogens (tertiary/aromatic N) is 2. The summed E-state index contributed by atoms with van der Waals surface area (Å²) in [4.78, 5) is 27.2. The van der Waals surface area contributed by atoms with E-state index in [1.54, 1.807) is 25.1 Å². The largest absolute Gasteiger partial charge is 0.337 e. The fourth-order valence-corrected chi connectivity index (χ4v) is 4.76. The number of rotatable bonds is 6. The quantitative estimate of drug-likeness (QED) is 0.754. The molecule has 8 heteroatoms. The van der Waals surface area contributed by atoms with Crippen LogP contribution in [0.4, 0.5) is 4.39 Å². The highest BCUT2D eigenvalue weighted by atomic mass is 32.2. The number of benzene rings is 1. The van der Waals surface area contributed by atoms with E-state index < -0.39 is 15.7 Å². The van der Waals surface area contributed by atoms with Crippen molar-refractivity contribution in [1.82, 2.24) is 9.80 Å². The van der Waals surface area contributed by atoms with E-state index in [2.05, 4.69) is 0 Å². The van der Waals surface area contributed by atoms with Gasteiger partial charge in [-0.3, -0.25) is 9.59 Å². The molecule has 1 aliphatic heterocycles. The minimum atomic E-state index is -3.11. The Bertz CT molecular complexity index is 751. The molecule has 0 N–H and O–H groups in total. The Morgan fingerprint density at radius 3 is 2.48 bits per heavy atom. The molecule has 1 heterocycles. The molecule has 0 aliphatic carbocycles. The van der Waals surface area contributed by atoms with Gasteiger partial charge in [0.15, 0.2) is 9.84 Å². The zero-order valence-electron chi connectivity index (χ0n) is 14.4. The van der Waals surface area contributed by atoms with Gasteiger partial charge in [-0.2, -0.15) is 0 Å². The Morgan fingerprint density at radius 1 is 1.28 bits per heavy atom. The summed E-state index contributed by atoms with van der Waals surface area (Å²) in [6.45, 7) is 3.26. The Kier molecular flexibility index (Phi) is 6.16. The molecule has 2 rings (SSSR count). The van der Waals surface area contributed by atoms with Crippen molar-refractivity contribution in [2.24, 2.45) is 0 Å². The lowest BCUT2D eigenvalue weighted by molar-refractivity contribution is -0.141. The first-order valence-electron chi connectivity index (χ1n) is 8.22. The van der Waals surface area contributed by atoms with Gasteiger partial charge in [-0.1, -0.05) is 18.2 Å². The molecule has 1 fully saturated rings. The molecule has 6 nitrogen and oxygen atoms in total. The highest BCUT2D eigenvalue weighted by Gasteiger charge is 2.34. The van der Waals surface area contributed by atoms with Gasteiger partial charge in [-0.05, 0) is 19.4 Å². The molecule has 0 aromatic heterocycles. The van der Waals surface area contributed by atoms with Crippen LogP contribution in [0.3, 0.4) is 0 Å². The third-order valence-electron chi connectivity index (χ3n) is 4.40. The predicted molar refractivity (Wildman–Crippen MR) is 91.9 cm³/mol. The highest BCUT2D eigenvalue weighted by Crippen LogP contribution is 2.18. The number of sulfone groups is 1. The summed E-state index contributed by atoms with van der Waals surface area (Å²) < 4.78 is 37.1. The van der Waals surface area contributed by atoms with Crippen LogP contribution in [0.25, 0.3) is 0 Å². The van der Waals surface area contributed by atoms with Crippen molar-refractivity contribution in [2.75, 3.05) is 24.6 Å². The van der Waals surface area contributed by atoms with Crippen LogP contribution in [-0.2, 0) is 26.0 Å². The normalized spacial score (nSPS) is 18.8. The summed E-state index contributed by atoms with van der Waals surface area (Å²) in [5.41, 5.74) is 0.331. The number of hydrogen-bond acceptors (Lipinski definition) is 4. The van der Waals surface area contributed by atoms with Gasteiger partial charge in [-0.25, -0.2) is 12.8 Å². The Morgan fingerprint density at radius 2 is 1.96 bits per heavy atom. The standard InChI is InChI=1S/C17H23FN2O4S/c1-3-20(15-8-9-25(23,24)12-15)17(22)11-19(13(2)21)10-14-6-4-5-7-16(14)18/h4-7,15H,3,8-12H2,1-2H3. The van der Waals surface area contributed by atoms with Crippen LogP contribution in [0.15, 0.2) is 24.3 Å². The van der Waals surface area contributed by atoms with E-state index >= 15 is 0 Å². The molecular formula is C17H23FN2O4S. The maximum absolute atomic E-state index is 13.8. The van der Waals surface area contributed by atoms with Crippen molar-refractivity contribution in [1.29, 1.82) is 0 Å². The first-order chi connectivity index (χ1) is 11.7. The van der Waals surface area contributed by atoms with Crippen LogP contribution in [0.2, 0.25) is 0 Å². The lowest BCUT2D eigenvalue weighted by atomic mass is 10.2. The van der Waals surface area contributed by atoms with Crippen molar-refractivity contribution < 1.29 is 22.4 Å². The molecule has 0 spiro atoms. The van der Waals surface area contributed by atoms with Gasteiger partial charge < -0.3 is 9.80 Å². The van der Waals surface area contributed by atoms with Crippen LogP contribution >= 0.6 is 0 Å². The van der Waals surface area contributed by atoms with E-state index in [-0.39, 0.29) is 42.5 Å². The fraction of sp³-hybridized carbons (Fsp3) is 0.529. The van der Waals surface area contributed by atoms with E-state index in [9.17, 15) is 22.4 Å². The van der Waals surface area contributed by atoms with E-state index in [4.69, 9.17) is 0 Å². The third kappa shape index (κ3) is 5.01. The number of halogens is 1. The number of carbonyl (C=O) groups excluding carboxylic acids is 2. The van der Waals surface area contributed by atoms with E-state index in [1.165, 1.54) is 22.8 Å². The van der Waals surface area contributed by atoms with Crippen molar-refractivity contribution >= 4 is 21.7 Å². The monoisotopic (exact) mass is 370 g/mol. The van der Waals surface area contributed by atoms with Gasteiger partial charge in [0.2, 0.25) is 11.8 Å². The summed E-state index contributed by atoms with van der Waals surface area (Å²) in [6.07, 6.45) is 0.412. The van der Waals surface area contributed by atoms with Gasteiger partial charge in [0, 0.05) is 31.6 Å². The number of amides is 2. The Hall–Kier alpha value is -1.96. The van der Waals surface area contributed by atoms with Gasteiger partial charge in [0.05, 0.1) is 11.5 Å². The molecule has 25 heavy (non-hydrogen) atoms. The van der Waals surface area contributed by atoms with Gasteiger partial charge in [0.25, 0.3) is 0 Å².